The molecular weight excluding hydrogens is 376 g/mol. The lowest BCUT2D eigenvalue weighted by molar-refractivity contribution is -0.134. The summed E-state index contributed by atoms with van der Waals surface area (Å²) < 4.78 is 0. The number of carbonyl (C=O) groups excluding carboxylic acids is 1. The molecule has 3 nitrogen and oxygen atoms in total. The van der Waals surface area contributed by atoms with Crippen LogP contribution < -0.4 is 11.1 Å². The molecule has 0 aromatic heterocycles. The first-order valence-corrected chi connectivity index (χ1v) is 13.0. The monoisotopic (exact) mass is 412 g/mol. The van der Waals surface area contributed by atoms with Gasteiger partial charge in [0.2, 0.25) is 5.91 Å². The van der Waals surface area contributed by atoms with Crippen LogP contribution in [0.15, 0.2) is 30.3 Å². The first-order chi connectivity index (χ1) is 14.1. The highest BCUT2D eigenvalue weighted by Gasteiger charge is 2.70. The third-order valence-corrected chi connectivity index (χ3v) is 9.81. The fourth-order valence-electron chi connectivity index (χ4n) is 7.82. The highest BCUT2D eigenvalue weighted by atomic mass is 32.2. The number of benzene rings is 1. The Labute approximate surface area is 180 Å². The van der Waals surface area contributed by atoms with Gasteiger partial charge in [0, 0.05) is 6.04 Å². The quantitative estimate of drug-likeness (QED) is 0.730. The normalized spacial score (nSPS) is 42.9. The minimum absolute atomic E-state index is 0.121. The molecule has 5 saturated carbocycles. The van der Waals surface area contributed by atoms with E-state index >= 15 is 0 Å². The maximum absolute atomic E-state index is 13.8. The SMILES string of the molecule is CSCC1C2CC3(c4ccccc4)CC1C(C(=O)NC1CCC(CN)CC1)(C2)C3. The average Bonchev–Trinajstić information content (AvgIpc) is 3.13. The second-order valence-corrected chi connectivity index (χ2v) is 11.4. The molecule has 0 saturated heterocycles. The summed E-state index contributed by atoms with van der Waals surface area (Å²) in [4.78, 5) is 13.8. The van der Waals surface area contributed by atoms with Crippen molar-refractivity contribution in [1.29, 1.82) is 0 Å². The zero-order chi connectivity index (χ0) is 20.1. The molecule has 4 heteroatoms. The van der Waals surface area contributed by atoms with E-state index in [0.29, 0.717) is 29.7 Å². The zero-order valence-electron chi connectivity index (χ0n) is 17.7. The first-order valence-electron chi connectivity index (χ1n) is 11.7. The van der Waals surface area contributed by atoms with E-state index in [9.17, 15) is 4.79 Å². The van der Waals surface area contributed by atoms with Gasteiger partial charge in [-0.05, 0) is 105 Å². The van der Waals surface area contributed by atoms with E-state index in [1.165, 1.54) is 37.0 Å². The van der Waals surface area contributed by atoms with Gasteiger partial charge in [-0.2, -0.15) is 11.8 Å². The highest BCUT2D eigenvalue weighted by Crippen LogP contribution is 2.73. The van der Waals surface area contributed by atoms with Crippen LogP contribution in [0.1, 0.15) is 56.9 Å². The molecule has 0 spiro atoms. The van der Waals surface area contributed by atoms with E-state index in [2.05, 4.69) is 41.9 Å². The molecule has 0 heterocycles. The molecule has 5 atom stereocenters. The van der Waals surface area contributed by atoms with Crippen LogP contribution in [-0.2, 0) is 10.2 Å². The standard InChI is InChI=1S/C25H36N2OS/c1-29-15-21-18-11-24(19-5-3-2-4-6-19)13-22(21)25(12-18,16-24)23(28)27-20-9-7-17(14-26)8-10-20/h2-6,17-18,20-22H,7-16,26H2,1H3,(H,27,28). The zero-order valence-corrected chi connectivity index (χ0v) is 18.6. The molecule has 0 aliphatic heterocycles. The van der Waals surface area contributed by atoms with Gasteiger partial charge in [-0.3, -0.25) is 4.79 Å². The molecule has 5 unspecified atom stereocenters. The van der Waals surface area contributed by atoms with Crippen molar-refractivity contribution in [3.63, 3.8) is 0 Å². The Morgan fingerprint density at radius 2 is 1.90 bits per heavy atom. The van der Waals surface area contributed by atoms with Crippen molar-refractivity contribution in [2.24, 2.45) is 34.8 Å². The Morgan fingerprint density at radius 3 is 2.59 bits per heavy atom. The van der Waals surface area contributed by atoms with E-state index in [0.717, 1.165) is 38.1 Å². The van der Waals surface area contributed by atoms with Gasteiger partial charge >= 0.3 is 0 Å². The van der Waals surface area contributed by atoms with Crippen LogP contribution >= 0.6 is 11.8 Å². The van der Waals surface area contributed by atoms with Crippen molar-refractivity contribution in [1.82, 2.24) is 5.32 Å². The Morgan fingerprint density at radius 1 is 1.14 bits per heavy atom. The molecule has 29 heavy (non-hydrogen) atoms. The Kier molecular flexibility index (Phi) is 5.23. The lowest BCUT2D eigenvalue weighted by atomic mass is 9.62. The lowest BCUT2D eigenvalue weighted by Gasteiger charge is -2.43. The summed E-state index contributed by atoms with van der Waals surface area (Å²) in [6, 6.07) is 11.5. The molecule has 6 rings (SSSR count). The lowest BCUT2D eigenvalue weighted by Crippen LogP contribution is -2.48. The van der Waals surface area contributed by atoms with Gasteiger partial charge < -0.3 is 11.1 Å². The minimum Gasteiger partial charge on any atom is -0.353 e. The Bertz CT molecular complexity index is 746. The van der Waals surface area contributed by atoms with E-state index in [1.54, 1.807) is 0 Å². The molecule has 4 bridgehead atoms. The molecule has 5 aliphatic rings. The van der Waals surface area contributed by atoms with Crippen LogP contribution in [0.25, 0.3) is 0 Å². The van der Waals surface area contributed by atoms with Gasteiger partial charge in [-0.1, -0.05) is 30.3 Å². The van der Waals surface area contributed by atoms with Gasteiger partial charge in [-0.25, -0.2) is 0 Å². The summed E-state index contributed by atoms with van der Waals surface area (Å²) >= 11 is 1.98. The van der Waals surface area contributed by atoms with E-state index in [-0.39, 0.29) is 10.8 Å². The van der Waals surface area contributed by atoms with Crippen LogP contribution in [0, 0.1) is 29.1 Å². The third kappa shape index (κ3) is 3.17. The van der Waals surface area contributed by atoms with Crippen LogP contribution in [0.5, 0.6) is 0 Å². The summed E-state index contributed by atoms with van der Waals surface area (Å²) in [6.45, 7) is 0.796. The summed E-state index contributed by atoms with van der Waals surface area (Å²) in [5.74, 6) is 4.28. The Balaban J connectivity index is 1.39. The molecule has 3 N–H and O–H groups in total. The number of thioether (sulfide) groups is 1. The third-order valence-electron chi connectivity index (χ3n) is 9.09. The number of nitrogens with one attached hydrogen (secondary N) is 1. The summed E-state index contributed by atoms with van der Waals surface area (Å²) in [5, 5.41) is 3.55. The number of rotatable bonds is 6. The van der Waals surface area contributed by atoms with Crippen molar-refractivity contribution in [3.05, 3.63) is 35.9 Å². The summed E-state index contributed by atoms with van der Waals surface area (Å²) in [7, 11) is 0. The number of carbonyl (C=O) groups is 1. The van der Waals surface area contributed by atoms with E-state index in [1.807, 2.05) is 11.8 Å². The van der Waals surface area contributed by atoms with Gasteiger partial charge in [-0.15, -0.1) is 0 Å². The number of nitrogens with two attached hydrogens (primary N) is 1. The van der Waals surface area contributed by atoms with Gasteiger partial charge in [0.05, 0.1) is 5.41 Å². The van der Waals surface area contributed by atoms with Crippen molar-refractivity contribution >= 4 is 17.7 Å². The smallest absolute Gasteiger partial charge is 0.226 e. The maximum atomic E-state index is 13.8. The fraction of sp³-hybridized carbons (Fsp3) is 0.720. The molecule has 158 valence electrons. The van der Waals surface area contributed by atoms with Crippen molar-refractivity contribution in [2.45, 2.75) is 62.8 Å². The minimum atomic E-state index is -0.121. The topological polar surface area (TPSA) is 55.1 Å². The largest absolute Gasteiger partial charge is 0.353 e. The second kappa shape index (κ2) is 7.60. The number of amides is 1. The second-order valence-electron chi connectivity index (χ2n) is 10.5. The van der Waals surface area contributed by atoms with Gasteiger partial charge in [0.25, 0.3) is 0 Å². The predicted molar refractivity (Wildman–Crippen MR) is 121 cm³/mol. The first kappa shape index (κ1) is 19.9. The maximum Gasteiger partial charge on any atom is 0.226 e. The highest BCUT2D eigenvalue weighted by molar-refractivity contribution is 7.98. The number of hydrogen-bond donors (Lipinski definition) is 2. The van der Waals surface area contributed by atoms with E-state index in [4.69, 9.17) is 5.73 Å². The van der Waals surface area contributed by atoms with Crippen molar-refractivity contribution < 1.29 is 4.79 Å². The average molecular weight is 413 g/mol. The summed E-state index contributed by atoms with van der Waals surface area (Å²) in [5.41, 5.74) is 7.46. The van der Waals surface area contributed by atoms with Crippen LogP contribution in [0.3, 0.4) is 0 Å². The predicted octanol–water partition coefficient (Wildman–Crippen LogP) is 4.36. The molecule has 1 aromatic carbocycles. The van der Waals surface area contributed by atoms with Crippen molar-refractivity contribution in [3.8, 4) is 0 Å². The van der Waals surface area contributed by atoms with Crippen molar-refractivity contribution in [2.75, 3.05) is 18.6 Å². The molecule has 5 aliphatic carbocycles. The van der Waals surface area contributed by atoms with Gasteiger partial charge in [0.1, 0.15) is 0 Å². The summed E-state index contributed by atoms with van der Waals surface area (Å²) in [6.07, 6.45) is 11.5. The van der Waals surface area contributed by atoms with Crippen LogP contribution in [0.4, 0.5) is 0 Å². The molecule has 1 aromatic rings. The fourth-order valence-corrected chi connectivity index (χ4v) is 8.71. The van der Waals surface area contributed by atoms with E-state index < -0.39 is 0 Å². The molecular formula is C25H36N2OS. The van der Waals surface area contributed by atoms with Crippen LogP contribution in [-0.4, -0.2) is 30.5 Å². The Hall–Kier alpha value is -1.00. The molecule has 5 fully saturated rings. The van der Waals surface area contributed by atoms with Gasteiger partial charge in [0.15, 0.2) is 0 Å². The molecule has 1 amide bonds. The molecule has 0 radical (unpaired) electrons. The van der Waals surface area contributed by atoms with Crippen LogP contribution in [0.2, 0.25) is 0 Å². The number of hydrogen-bond acceptors (Lipinski definition) is 3.